The van der Waals surface area contributed by atoms with Crippen LogP contribution in [0, 0.1) is 0 Å². The van der Waals surface area contributed by atoms with Gasteiger partial charge in [-0.15, -0.1) is 0 Å². The first-order chi connectivity index (χ1) is 40.0. The van der Waals surface area contributed by atoms with E-state index in [0.29, 0.717) is 19.3 Å². The smallest absolute Gasteiger partial charge is 0.306 e. The molecule has 0 aromatic rings. The number of esters is 3. The number of carbonyl (C=O) groups is 3. The molecule has 0 aromatic heterocycles. The number of allylic oxidation sites excluding steroid dienone is 28. The van der Waals surface area contributed by atoms with Gasteiger partial charge in [0.1, 0.15) is 13.2 Å². The lowest BCUT2D eigenvalue weighted by Crippen LogP contribution is -2.30. The van der Waals surface area contributed by atoms with Crippen molar-refractivity contribution in [2.75, 3.05) is 13.2 Å². The zero-order valence-corrected chi connectivity index (χ0v) is 52.0. The monoisotopic (exact) mass is 1110 g/mol. The second-order valence-corrected chi connectivity index (χ2v) is 20.9. The third kappa shape index (κ3) is 65.5. The van der Waals surface area contributed by atoms with Gasteiger partial charge in [0.25, 0.3) is 0 Å². The fourth-order valence-corrected chi connectivity index (χ4v) is 8.43. The maximum atomic E-state index is 12.9. The number of carbonyl (C=O) groups excluding carboxylic acids is 3. The van der Waals surface area contributed by atoms with E-state index in [0.717, 1.165) is 180 Å². The van der Waals surface area contributed by atoms with E-state index >= 15 is 0 Å². The van der Waals surface area contributed by atoms with E-state index in [1.165, 1.54) is 44.9 Å². The Kier molecular flexibility index (Phi) is 62.9. The maximum absolute atomic E-state index is 12.9. The van der Waals surface area contributed by atoms with E-state index in [2.05, 4.69) is 191 Å². The van der Waals surface area contributed by atoms with Crippen molar-refractivity contribution in [3.05, 3.63) is 170 Å². The van der Waals surface area contributed by atoms with Gasteiger partial charge >= 0.3 is 17.9 Å². The summed E-state index contributed by atoms with van der Waals surface area (Å²) in [6, 6.07) is 0. The molecule has 0 aliphatic heterocycles. The summed E-state index contributed by atoms with van der Waals surface area (Å²) in [6.45, 7) is 6.26. The fourth-order valence-electron chi connectivity index (χ4n) is 8.43. The normalized spacial score (nSPS) is 13.3. The van der Waals surface area contributed by atoms with Crippen molar-refractivity contribution >= 4 is 17.9 Å². The summed E-state index contributed by atoms with van der Waals surface area (Å²) < 4.78 is 16.9. The summed E-state index contributed by atoms with van der Waals surface area (Å²) in [6.07, 6.45) is 99.2. The molecule has 0 aliphatic carbocycles. The van der Waals surface area contributed by atoms with Crippen LogP contribution in [0.3, 0.4) is 0 Å². The lowest BCUT2D eigenvalue weighted by atomic mass is 10.1. The minimum absolute atomic E-state index is 0.105. The van der Waals surface area contributed by atoms with Crippen molar-refractivity contribution in [3.63, 3.8) is 0 Å². The Morgan fingerprint density at radius 1 is 0.247 bits per heavy atom. The summed E-state index contributed by atoms with van der Waals surface area (Å²) in [5, 5.41) is 0. The van der Waals surface area contributed by atoms with Gasteiger partial charge in [-0.1, -0.05) is 268 Å². The molecule has 6 nitrogen and oxygen atoms in total. The van der Waals surface area contributed by atoms with Crippen LogP contribution in [0.5, 0.6) is 0 Å². The lowest BCUT2D eigenvalue weighted by molar-refractivity contribution is -0.167. The van der Waals surface area contributed by atoms with Gasteiger partial charge < -0.3 is 14.2 Å². The summed E-state index contributed by atoms with van der Waals surface area (Å²) in [7, 11) is 0. The van der Waals surface area contributed by atoms with Crippen molar-refractivity contribution in [2.24, 2.45) is 0 Å². The average Bonchev–Trinajstić information content (AvgIpc) is 3.47. The molecule has 1 atom stereocenters. The van der Waals surface area contributed by atoms with E-state index in [4.69, 9.17) is 14.2 Å². The fraction of sp³-hybridized carbons (Fsp3) is 0.587. The molecule has 0 aliphatic rings. The molecule has 0 bridgehead atoms. The molecule has 6 heteroatoms. The first kappa shape index (κ1) is 75.8. The van der Waals surface area contributed by atoms with Gasteiger partial charge in [-0.25, -0.2) is 0 Å². The van der Waals surface area contributed by atoms with E-state index < -0.39 is 6.10 Å². The molecule has 0 aromatic carbocycles. The summed E-state index contributed by atoms with van der Waals surface area (Å²) in [4.78, 5) is 38.4. The second kappa shape index (κ2) is 67.3. The summed E-state index contributed by atoms with van der Waals surface area (Å²) in [5.41, 5.74) is 0. The van der Waals surface area contributed by atoms with Crippen molar-refractivity contribution in [1.29, 1.82) is 0 Å². The van der Waals surface area contributed by atoms with Crippen LogP contribution < -0.4 is 0 Å². The topological polar surface area (TPSA) is 78.9 Å². The Labute approximate surface area is 498 Å². The molecule has 0 fully saturated rings. The number of hydrogen-bond donors (Lipinski definition) is 0. The highest BCUT2D eigenvalue weighted by molar-refractivity contribution is 5.71. The van der Waals surface area contributed by atoms with E-state index in [9.17, 15) is 14.4 Å². The quantitative estimate of drug-likeness (QED) is 0.0261. The Balaban J connectivity index is 4.50. The third-order valence-corrected chi connectivity index (χ3v) is 13.2. The van der Waals surface area contributed by atoms with Crippen LogP contribution in [0.1, 0.15) is 265 Å². The SMILES string of the molecule is CC/C=C\C/C=C\C/C=C\C/C=C\C/C=C\CCCCCCCCCC(=O)OCC(COC(=O)CCCCCC/C=C\C/C=C\C/C=C\C/C=C\CC)OC(=O)CCCCCCCCC/C=C\C/C=C\C/C=C\C/C=C\C/C=C\CC. The van der Waals surface area contributed by atoms with Crippen LogP contribution in [0.15, 0.2) is 170 Å². The molecule has 0 spiro atoms. The Hall–Kier alpha value is -5.23. The first-order valence-corrected chi connectivity index (χ1v) is 32.6. The molecular formula is C75H118O6. The molecule has 0 N–H and O–H groups in total. The molecule has 0 rings (SSSR count). The van der Waals surface area contributed by atoms with Gasteiger partial charge in [0.05, 0.1) is 0 Å². The van der Waals surface area contributed by atoms with E-state index in [1.807, 2.05) is 0 Å². The largest absolute Gasteiger partial charge is 0.462 e. The molecule has 454 valence electrons. The number of unbranched alkanes of at least 4 members (excludes halogenated alkanes) is 18. The van der Waals surface area contributed by atoms with E-state index in [1.54, 1.807) is 0 Å². The predicted octanol–water partition coefficient (Wildman–Crippen LogP) is 22.7. The lowest BCUT2D eigenvalue weighted by Gasteiger charge is -2.18. The van der Waals surface area contributed by atoms with Gasteiger partial charge in [0.15, 0.2) is 6.10 Å². The summed E-state index contributed by atoms with van der Waals surface area (Å²) >= 11 is 0. The van der Waals surface area contributed by atoms with Gasteiger partial charge in [0.2, 0.25) is 0 Å². The number of rotatable bonds is 57. The second-order valence-electron chi connectivity index (χ2n) is 20.9. The average molecular weight is 1120 g/mol. The molecule has 0 saturated carbocycles. The van der Waals surface area contributed by atoms with Crippen molar-refractivity contribution in [1.82, 2.24) is 0 Å². The first-order valence-electron chi connectivity index (χ1n) is 32.6. The predicted molar refractivity (Wildman–Crippen MR) is 352 cm³/mol. The zero-order valence-electron chi connectivity index (χ0n) is 52.0. The molecule has 0 amide bonds. The van der Waals surface area contributed by atoms with Gasteiger partial charge in [-0.05, 0) is 148 Å². The highest BCUT2D eigenvalue weighted by Crippen LogP contribution is 2.14. The molecule has 0 saturated heterocycles. The summed E-state index contributed by atoms with van der Waals surface area (Å²) in [5.74, 6) is -0.953. The van der Waals surface area contributed by atoms with Crippen molar-refractivity contribution in [3.8, 4) is 0 Å². The zero-order chi connectivity index (χ0) is 58.5. The highest BCUT2D eigenvalue weighted by atomic mass is 16.6. The van der Waals surface area contributed by atoms with Crippen LogP contribution in [-0.2, 0) is 28.6 Å². The maximum Gasteiger partial charge on any atom is 0.306 e. The van der Waals surface area contributed by atoms with Gasteiger partial charge in [0, 0.05) is 19.3 Å². The Morgan fingerprint density at radius 2 is 0.444 bits per heavy atom. The standard InChI is InChI=1S/C75H118O6/c1-4-7-10-13-16-19-22-25-28-31-33-35-37-39-41-44-47-50-53-56-59-62-65-68-74(77)80-71-72(70-79-73(76)67-64-61-58-55-52-49-46-43-30-27-24-21-18-15-12-9-6-3)81-75(78)69-66-63-60-57-54-51-48-45-42-40-38-36-34-32-29-26-23-20-17-14-11-8-5-2/h7-12,16-21,25-30,33-36,39-42,46,49,72H,4-6,13-15,22-24,31-32,37-38,43-45,47-48,50-71H2,1-3H3/b10-7-,11-8-,12-9-,19-16-,20-17-,21-18-,28-25-,29-26-,30-27-,35-33-,36-34-,41-39-,42-40-,49-46-. The molecular weight excluding hydrogens is 997 g/mol. The van der Waals surface area contributed by atoms with Crippen molar-refractivity contribution in [2.45, 2.75) is 271 Å². The molecule has 0 radical (unpaired) electrons. The van der Waals surface area contributed by atoms with Gasteiger partial charge in [-0.3, -0.25) is 14.4 Å². The highest BCUT2D eigenvalue weighted by Gasteiger charge is 2.19. The van der Waals surface area contributed by atoms with Crippen LogP contribution in [-0.4, -0.2) is 37.2 Å². The van der Waals surface area contributed by atoms with Crippen molar-refractivity contribution < 1.29 is 28.6 Å². The molecule has 1 unspecified atom stereocenters. The number of hydrogen-bond acceptors (Lipinski definition) is 6. The van der Waals surface area contributed by atoms with Gasteiger partial charge in [-0.2, -0.15) is 0 Å². The van der Waals surface area contributed by atoms with Crippen LogP contribution in [0.25, 0.3) is 0 Å². The molecule has 81 heavy (non-hydrogen) atoms. The third-order valence-electron chi connectivity index (χ3n) is 13.2. The molecule has 0 heterocycles. The van der Waals surface area contributed by atoms with Crippen LogP contribution >= 0.6 is 0 Å². The minimum atomic E-state index is -0.811. The minimum Gasteiger partial charge on any atom is -0.462 e. The Bertz CT molecular complexity index is 1860. The Morgan fingerprint density at radius 3 is 0.691 bits per heavy atom. The van der Waals surface area contributed by atoms with Crippen LogP contribution in [0.4, 0.5) is 0 Å². The van der Waals surface area contributed by atoms with Crippen LogP contribution in [0.2, 0.25) is 0 Å². The number of ether oxygens (including phenoxy) is 3. The van der Waals surface area contributed by atoms with E-state index in [-0.39, 0.29) is 31.1 Å².